The van der Waals surface area contributed by atoms with E-state index in [0.29, 0.717) is 6.61 Å². The number of carbonyl (C=O) groups excluding carboxylic acids is 1. The zero-order chi connectivity index (χ0) is 17.7. The lowest BCUT2D eigenvalue weighted by Crippen LogP contribution is -2.40. The van der Waals surface area contributed by atoms with E-state index in [4.69, 9.17) is 32.7 Å². The molecule has 1 heterocycles. The smallest absolute Gasteiger partial charge is 0.265 e. The lowest BCUT2D eigenvalue weighted by Gasteiger charge is -2.23. The first-order valence-electron chi connectivity index (χ1n) is 7.54. The van der Waals surface area contributed by atoms with E-state index in [0.717, 1.165) is 19.3 Å². The number of nitrogens with one attached hydrogen (secondary N) is 1. The number of ether oxygens (including phenoxy) is 2. The number of carbonyl (C=O) groups is 1. The molecule has 1 aromatic carbocycles. The fraction of sp³-hybridized carbons (Fsp3) is 0.533. The molecule has 134 valence electrons. The molecule has 1 aliphatic heterocycles. The van der Waals surface area contributed by atoms with Crippen molar-refractivity contribution in [3.05, 3.63) is 28.2 Å². The van der Waals surface area contributed by atoms with Crippen LogP contribution in [0.3, 0.4) is 0 Å². The van der Waals surface area contributed by atoms with Gasteiger partial charge in [0, 0.05) is 11.6 Å². The van der Waals surface area contributed by atoms with Gasteiger partial charge in [-0.25, -0.2) is 13.1 Å². The Labute approximate surface area is 151 Å². The van der Waals surface area contributed by atoms with Crippen LogP contribution in [0.15, 0.2) is 23.1 Å². The number of hydrogen-bond donors (Lipinski definition) is 1. The quantitative estimate of drug-likeness (QED) is 0.800. The maximum atomic E-state index is 12.3. The van der Waals surface area contributed by atoms with E-state index in [1.165, 1.54) is 25.1 Å². The summed E-state index contributed by atoms with van der Waals surface area (Å²) in [5, 5.41) is 0.176. The van der Waals surface area contributed by atoms with Gasteiger partial charge in [0.1, 0.15) is 11.0 Å². The maximum absolute atomic E-state index is 12.3. The molecule has 1 aromatic rings. The summed E-state index contributed by atoms with van der Waals surface area (Å²) in [7, 11) is -4.13. The van der Waals surface area contributed by atoms with E-state index >= 15 is 0 Å². The summed E-state index contributed by atoms with van der Waals surface area (Å²) in [5.74, 6) is -0.776. The molecule has 0 aromatic heterocycles. The molecule has 1 amide bonds. The summed E-state index contributed by atoms with van der Waals surface area (Å²) in [6.07, 6.45) is 1.93. The van der Waals surface area contributed by atoms with Crippen molar-refractivity contribution >= 4 is 39.1 Å². The van der Waals surface area contributed by atoms with Gasteiger partial charge in [-0.3, -0.25) is 4.79 Å². The normalized spacial score (nSPS) is 19.7. The topological polar surface area (TPSA) is 81.7 Å². The zero-order valence-electron chi connectivity index (χ0n) is 13.1. The van der Waals surface area contributed by atoms with Gasteiger partial charge >= 0.3 is 0 Å². The van der Waals surface area contributed by atoms with Crippen LogP contribution < -0.4 is 4.72 Å². The average molecular weight is 396 g/mol. The van der Waals surface area contributed by atoms with Gasteiger partial charge in [0.2, 0.25) is 0 Å². The molecule has 2 rings (SSSR count). The van der Waals surface area contributed by atoms with Gasteiger partial charge in [-0.2, -0.15) is 0 Å². The second-order valence-electron chi connectivity index (χ2n) is 5.51. The molecule has 1 N–H and O–H groups in total. The predicted molar refractivity (Wildman–Crippen MR) is 90.8 cm³/mol. The Morgan fingerprint density at radius 3 is 2.83 bits per heavy atom. The SMILES string of the molecule is C[C@@H](OC[C@@H]1CCCCO1)C(=O)NS(=O)(=O)c1cc(Cl)ccc1Cl. The molecule has 0 spiro atoms. The van der Waals surface area contributed by atoms with Crippen LogP contribution in [0, 0.1) is 0 Å². The first-order valence-corrected chi connectivity index (χ1v) is 9.78. The van der Waals surface area contributed by atoms with E-state index in [9.17, 15) is 13.2 Å². The molecule has 1 fully saturated rings. The van der Waals surface area contributed by atoms with Gasteiger partial charge in [0.05, 0.1) is 17.7 Å². The molecule has 0 saturated carbocycles. The molecule has 1 saturated heterocycles. The number of rotatable bonds is 6. The van der Waals surface area contributed by atoms with Gasteiger partial charge in [-0.05, 0) is 44.4 Å². The molecule has 1 aliphatic rings. The summed E-state index contributed by atoms with van der Waals surface area (Å²) in [6, 6.07) is 3.99. The first-order chi connectivity index (χ1) is 11.3. The Bertz CT molecular complexity index is 689. The fourth-order valence-electron chi connectivity index (χ4n) is 2.22. The van der Waals surface area contributed by atoms with Gasteiger partial charge in [-0.1, -0.05) is 23.2 Å². The first kappa shape index (κ1) is 19.5. The number of amides is 1. The van der Waals surface area contributed by atoms with Gasteiger partial charge in [0.15, 0.2) is 0 Å². The molecule has 0 unspecified atom stereocenters. The van der Waals surface area contributed by atoms with Crippen LogP contribution in [0.1, 0.15) is 26.2 Å². The van der Waals surface area contributed by atoms with Crippen molar-refractivity contribution in [3.63, 3.8) is 0 Å². The van der Waals surface area contributed by atoms with Crippen LogP contribution >= 0.6 is 23.2 Å². The molecule has 0 aliphatic carbocycles. The van der Waals surface area contributed by atoms with E-state index in [-0.39, 0.29) is 27.7 Å². The van der Waals surface area contributed by atoms with Crippen molar-refractivity contribution in [1.82, 2.24) is 4.72 Å². The summed E-state index contributed by atoms with van der Waals surface area (Å²) in [6.45, 7) is 2.40. The molecule has 0 radical (unpaired) electrons. The van der Waals surface area contributed by atoms with Crippen LogP contribution in [0.25, 0.3) is 0 Å². The highest BCUT2D eigenvalue weighted by Crippen LogP contribution is 2.24. The van der Waals surface area contributed by atoms with Gasteiger partial charge in [-0.15, -0.1) is 0 Å². The Morgan fingerprint density at radius 1 is 1.42 bits per heavy atom. The van der Waals surface area contributed by atoms with E-state index in [1.807, 2.05) is 4.72 Å². The van der Waals surface area contributed by atoms with E-state index in [1.54, 1.807) is 0 Å². The molecule has 0 bridgehead atoms. The Kier molecular flexibility index (Phi) is 6.88. The third-order valence-corrected chi connectivity index (χ3v) is 5.66. The monoisotopic (exact) mass is 395 g/mol. The highest BCUT2D eigenvalue weighted by Gasteiger charge is 2.25. The molecule has 24 heavy (non-hydrogen) atoms. The molecular formula is C15H19Cl2NO5S. The van der Waals surface area contributed by atoms with Crippen molar-refractivity contribution < 1.29 is 22.7 Å². The zero-order valence-corrected chi connectivity index (χ0v) is 15.5. The maximum Gasteiger partial charge on any atom is 0.265 e. The Morgan fingerprint density at radius 2 is 2.17 bits per heavy atom. The second kappa shape index (κ2) is 8.49. The predicted octanol–water partition coefficient (Wildman–Crippen LogP) is 2.77. The van der Waals surface area contributed by atoms with Gasteiger partial charge in [0.25, 0.3) is 15.9 Å². The molecule has 9 heteroatoms. The Balaban J connectivity index is 1.95. The number of halogens is 2. The van der Waals surface area contributed by atoms with Crippen molar-refractivity contribution in [1.29, 1.82) is 0 Å². The van der Waals surface area contributed by atoms with Crippen LogP contribution in [0.5, 0.6) is 0 Å². The summed E-state index contributed by atoms with van der Waals surface area (Å²) in [5.41, 5.74) is 0. The molecule has 6 nitrogen and oxygen atoms in total. The summed E-state index contributed by atoms with van der Waals surface area (Å²) >= 11 is 11.7. The molecule has 2 atom stereocenters. The minimum absolute atomic E-state index is 0.0242. The summed E-state index contributed by atoms with van der Waals surface area (Å²) < 4.78 is 37.4. The Hall–Kier alpha value is -0.860. The number of benzene rings is 1. The lowest BCUT2D eigenvalue weighted by molar-refractivity contribution is -0.133. The van der Waals surface area contributed by atoms with Crippen LogP contribution in [-0.4, -0.2) is 39.7 Å². The lowest BCUT2D eigenvalue weighted by atomic mass is 10.1. The standard InChI is InChI=1S/C15H19Cl2NO5S/c1-10(23-9-12-4-2-3-7-22-12)15(19)18-24(20,21)14-8-11(16)5-6-13(14)17/h5-6,8,10,12H,2-4,7,9H2,1H3,(H,18,19)/t10-,12+/m1/s1. The second-order valence-corrected chi connectivity index (χ2v) is 8.00. The van der Waals surface area contributed by atoms with Crippen molar-refractivity contribution in [2.75, 3.05) is 13.2 Å². The number of sulfonamides is 1. The third-order valence-electron chi connectivity index (χ3n) is 3.59. The fourth-order valence-corrected chi connectivity index (χ4v) is 4.03. The largest absolute Gasteiger partial charge is 0.376 e. The van der Waals surface area contributed by atoms with E-state index < -0.39 is 22.0 Å². The van der Waals surface area contributed by atoms with E-state index in [2.05, 4.69) is 0 Å². The van der Waals surface area contributed by atoms with Crippen LogP contribution in [0.4, 0.5) is 0 Å². The van der Waals surface area contributed by atoms with Crippen molar-refractivity contribution in [2.24, 2.45) is 0 Å². The highest BCUT2D eigenvalue weighted by molar-refractivity contribution is 7.90. The number of hydrogen-bond acceptors (Lipinski definition) is 5. The van der Waals surface area contributed by atoms with Crippen molar-refractivity contribution in [2.45, 2.75) is 43.3 Å². The summed E-state index contributed by atoms with van der Waals surface area (Å²) in [4.78, 5) is 11.8. The minimum Gasteiger partial charge on any atom is -0.376 e. The highest BCUT2D eigenvalue weighted by atomic mass is 35.5. The average Bonchev–Trinajstić information content (AvgIpc) is 2.55. The molecular weight excluding hydrogens is 377 g/mol. The minimum atomic E-state index is -4.13. The van der Waals surface area contributed by atoms with Crippen LogP contribution in [0.2, 0.25) is 10.0 Å². The third kappa shape index (κ3) is 5.32. The van der Waals surface area contributed by atoms with Gasteiger partial charge < -0.3 is 9.47 Å². The van der Waals surface area contributed by atoms with Crippen molar-refractivity contribution in [3.8, 4) is 0 Å². The van der Waals surface area contributed by atoms with Crippen LogP contribution in [-0.2, 0) is 24.3 Å².